The number of nitrogens with zero attached hydrogens (tertiary/aromatic N) is 2. The van der Waals surface area contributed by atoms with Gasteiger partial charge in [-0.1, -0.05) is 12.1 Å². The molecule has 3 N–H and O–H groups in total. The fraction of sp³-hybridized carbons (Fsp3) is 0.308. The quantitative estimate of drug-likeness (QED) is 0.762. The van der Waals surface area contributed by atoms with Gasteiger partial charge in [-0.05, 0) is 24.6 Å². The minimum atomic E-state index is -0.0700. The Hall–Kier alpha value is -2.21. The molecule has 1 heterocycles. The first-order valence-electron chi connectivity index (χ1n) is 6.10. The molecule has 6 nitrogen and oxygen atoms in total. The first kappa shape index (κ1) is 13.2. The summed E-state index contributed by atoms with van der Waals surface area (Å²) in [7, 11) is 0. The molecule has 0 aliphatic heterocycles. The Morgan fingerprint density at radius 2 is 2.32 bits per heavy atom. The summed E-state index contributed by atoms with van der Waals surface area (Å²) < 4.78 is 0. The number of amides is 1. The molecule has 0 aliphatic carbocycles. The summed E-state index contributed by atoms with van der Waals surface area (Å²) in [5.74, 6) is 0.726. The second-order valence-electron chi connectivity index (χ2n) is 4.34. The van der Waals surface area contributed by atoms with Crippen LogP contribution >= 0.6 is 0 Å². The number of aromatic amines is 1. The Balaban J connectivity index is 1.98. The van der Waals surface area contributed by atoms with Crippen LogP contribution in [0.15, 0.2) is 30.6 Å². The lowest BCUT2D eigenvalue weighted by Gasteiger charge is -2.14. The van der Waals surface area contributed by atoms with E-state index in [0.717, 1.165) is 17.1 Å². The van der Waals surface area contributed by atoms with Gasteiger partial charge in [-0.15, -0.1) is 0 Å². The monoisotopic (exact) mass is 259 g/mol. The van der Waals surface area contributed by atoms with E-state index < -0.39 is 0 Å². The molecule has 0 spiro atoms. The number of hydrogen-bond donors (Lipinski definition) is 3. The fourth-order valence-electron chi connectivity index (χ4n) is 1.77. The summed E-state index contributed by atoms with van der Waals surface area (Å²) in [4.78, 5) is 15.1. The Morgan fingerprint density at radius 3 is 3.00 bits per heavy atom. The number of hydrogen-bond acceptors (Lipinski definition) is 4. The Morgan fingerprint density at radius 1 is 1.47 bits per heavy atom. The van der Waals surface area contributed by atoms with E-state index in [-0.39, 0.29) is 11.9 Å². The van der Waals surface area contributed by atoms with Crippen molar-refractivity contribution in [2.75, 3.05) is 5.32 Å². The molecule has 1 aromatic heterocycles. The van der Waals surface area contributed by atoms with E-state index in [1.165, 1.54) is 13.3 Å². The molecule has 0 aliphatic rings. The van der Waals surface area contributed by atoms with Gasteiger partial charge in [0.2, 0.25) is 5.91 Å². The largest absolute Gasteiger partial charge is 0.326 e. The van der Waals surface area contributed by atoms with E-state index >= 15 is 0 Å². The van der Waals surface area contributed by atoms with Crippen LogP contribution in [0.3, 0.4) is 0 Å². The number of carbonyl (C=O) groups is 1. The van der Waals surface area contributed by atoms with Crippen molar-refractivity contribution in [1.29, 1.82) is 0 Å². The van der Waals surface area contributed by atoms with Crippen LogP contribution in [0.1, 0.15) is 31.3 Å². The summed E-state index contributed by atoms with van der Waals surface area (Å²) in [6.45, 7) is 4.17. The number of nitrogens with one attached hydrogen (secondary N) is 3. The van der Waals surface area contributed by atoms with Gasteiger partial charge >= 0.3 is 0 Å². The van der Waals surface area contributed by atoms with Gasteiger partial charge in [0, 0.05) is 18.7 Å². The number of aromatic nitrogens is 3. The predicted molar refractivity (Wildman–Crippen MR) is 72.4 cm³/mol. The van der Waals surface area contributed by atoms with Crippen molar-refractivity contribution in [3.63, 3.8) is 0 Å². The van der Waals surface area contributed by atoms with Crippen LogP contribution in [-0.2, 0) is 11.3 Å². The Kier molecular flexibility index (Phi) is 4.25. The zero-order valence-corrected chi connectivity index (χ0v) is 11.0. The van der Waals surface area contributed by atoms with Gasteiger partial charge in [-0.3, -0.25) is 9.89 Å². The van der Waals surface area contributed by atoms with Crippen LogP contribution in [0, 0.1) is 0 Å². The predicted octanol–water partition coefficient (Wildman–Crippen LogP) is 1.61. The highest BCUT2D eigenvalue weighted by Crippen LogP contribution is 2.17. The fourth-order valence-corrected chi connectivity index (χ4v) is 1.77. The molecule has 0 saturated carbocycles. The van der Waals surface area contributed by atoms with Crippen LogP contribution in [0.5, 0.6) is 0 Å². The highest BCUT2D eigenvalue weighted by Gasteiger charge is 2.07. The van der Waals surface area contributed by atoms with Gasteiger partial charge in [-0.2, -0.15) is 5.10 Å². The topological polar surface area (TPSA) is 82.7 Å². The average molecular weight is 259 g/mol. The number of H-pyrrole nitrogens is 1. The Labute approximate surface area is 111 Å². The summed E-state index contributed by atoms with van der Waals surface area (Å²) in [5, 5.41) is 12.7. The first-order valence-corrected chi connectivity index (χ1v) is 6.10. The second kappa shape index (κ2) is 6.10. The molecule has 1 unspecified atom stereocenters. The molecule has 19 heavy (non-hydrogen) atoms. The zero-order chi connectivity index (χ0) is 13.7. The summed E-state index contributed by atoms with van der Waals surface area (Å²) >= 11 is 0. The number of benzene rings is 1. The van der Waals surface area contributed by atoms with Crippen molar-refractivity contribution in [3.05, 3.63) is 42.0 Å². The SMILES string of the molecule is CC(=O)Nc1cccc(C(C)NCc2ncn[nH]2)c1. The molecular formula is C13H17N5O. The van der Waals surface area contributed by atoms with Gasteiger partial charge in [0.15, 0.2) is 0 Å². The summed E-state index contributed by atoms with van der Waals surface area (Å²) in [6, 6.07) is 7.92. The van der Waals surface area contributed by atoms with E-state index in [2.05, 4.69) is 32.7 Å². The average Bonchev–Trinajstić information content (AvgIpc) is 2.88. The van der Waals surface area contributed by atoms with E-state index in [1.54, 1.807) is 0 Å². The first-order chi connectivity index (χ1) is 9.15. The van der Waals surface area contributed by atoms with Crippen molar-refractivity contribution in [2.45, 2.75) is 26.4 Å². The normalized spacial score (nSPS) is 12.1. The lowest BCUT2D eigenvalue weighted by molar-refractivity contribution is -0.114. The molecular weight excluding hydrogens is 242 g/mol. The third kappa shape index (κ3) is 3.89. The molecule has 1 atom stereocenters. The van der Waals surface area contributed by atoms with Crippen LogP contribution < -0.4 is 10.6 Å². The minimum Gasteiger partial charge on any atom is -0.326 e. The second-order valence-corrected chi connectivity index (χ2v) is 4.34. The molecule has 0 radical (unpaired) electrons. The smallest absolute Gasteiger partial charge is 0.221 e. The van der Waals surface area contributed by atoms with Gasteiger partial charge in [-0.25, -0.2) is 4.98 Å². The van der Waals surface area contributed by atoms with Gasteiger partial charge in [0.25, 0.3) is 0 Å². The maximum Gasteiger partial charge on any atom is 0.221 e. The van der Waals surface area contributed by atoms with E-state index in [0.29, 0.717) is 6.54 Å². The zero-order valence-electron chi connectivity index (χ0n) is 11.0. The van der Waals surface area contributed by atoms with Crippen molar-refractivity contribution in [2.24, 2.45) is 0 Å². The minimum absolute atomic E-state index is 0.0700. The molecule has 2 rings (SSSR count). The van der Waals surface area contributed by atoms with E-state index in [1.807, 2.05) is 24.3 Å². The van der Waals surface area contributed by atoms with Gasteiger partial charge in [0.05, 0.1) is 6.54 Å². The van der Waals surface area contributed by atoms with E-state index in [9.17, 15) is 4.79 Å². The molecule has 0 fully saturated rings. The molecule has 6 heteroatoms. The number of rotatable bonds is 5. The third-order valence-electron chi connectivity index (χ3n) is 2.75. The van der Waals surface area contributed by atoms with Crippen molar-refractivity contribution < 1.29 is 4.79 Å². The maximum absolute atomic E-state index is 11.0. The number of carbonyl (C=O) groups excluding carboxylic acids is 1. The third-order valence-corrected chi connectivity index (χ3v) is 2.75. The lowest BCUT2D eigenvalue weighted by Crippen LogP contribution is -2.19. The lowest BCUT2D eigenvalue weighted by atomic mass is 10.1. The van der Waals surface area contributed by atoms with Crippen molar-refractivity contribution in [3.8, 4) is 0 Å². The van der Waals surface area contributed by atoms with Crippen LogP contribution in [0.25, 0.3) is 0 Å². The van der Waals surface area contributed by atoms with Gasteiger partial charge < -0.3 is 10.6 Å². The van der Waals surface area contributed by atoms with Crippen LogP contribution in [-0.4, -0.2) is 21.1 Å². The molecule has 1 aromatic carbocycles. The van der Waals surface area contributed by atoms with Crippen LogP contribution in [0.2, 0.25) is 0 Å². The summed E-state index contributed by atoms with van der Waals surface area (Å²) in [5.41, 5.74) is 1.91. The molecule has 100 valence electrons. The molecule has 1 amide bonds. The standard InChI is InChI=1S/C13H17N5O/c1-9(14-7-13-15-8-16-18-13)11-4-3-5-12(6-11)17-10(2)19/h3-6,8-9,14H,7H2,1-2H3,(H,17,19)(H,15,16,18). The maximum atomic E-state index is 11.0. The van der Waals surface area contributed by atoms with Crippen molar-refractivity contribution in [1.82, 2.24) is 20.5 Å². The van der Waals surface area contributed by atoms with Crippen molar-refractivity contribution >= 4 is 11.6 Å². The highest BCUT2D eigenvalue weighted by molar-refractivity contribution is 5.88. The molecule has 2 aromatic rings. The van der Waals surface area contributed by atoms with Crippen LogP contribution in [0.4, 0.5) is 5.69 Å². The summed E-state index contributed by atoms with van der Waals surface area (Å²) in [6.07, 6.45) is 1.49. The molecule has 0 bridgehead atoms. The molecule has 0 saturated heterocycles. The van der Waals surface area contributed by atoms with E-state index in [4.69, 9.17) is 0 Å². The highest BCUT2D eigenvalue weighted by atomic mass is 16.1. The number of anilines is 1. The Bertz CT molecular complexity index is 538. The van der Waals surface area contributed by atoms with Gasteiger partial charge in [0.1, 0.15) is 12.2 Å².